The Morgan fingerprint density at radius 2 is 1.81 bits per heavy atom. The van der Waals surface area contributed by atoms with Crippen LogP contribution in [0.25, 0.3) is 5.69 Å². The number of para-hydroxylation sites is 1. The van der Waals surface area contributed by atoms with Crippen LogP contribution in [0.4, 0.5) is 10.5 Å². The molecular weight excluding hydrogens is 404 g/mol. The molecule has 2 amide bonds. The summed E-state index contributed by atoms with van der Waals surface area (Å²) in [5.41, 5.74) is 3.61. The number of hydrogen-bond acceptors (Lipinski definition) is 3. The first kappa shape index (κ1) is 21.9. The van der Waals surface area contributed by atoms with Crippen molar-refractivity contribution in [1.29, 1.82) is 0 Å². The lowest BCUT2D eigenvalue weighted by Gasteiger charge is -2.30. The van der Waals surface area contributed by atoms with Gasteiger partial charge in [-0.1, -0.05) is 36.4 Å². The molecule has 32 heavy (non-hydrogen) atoms. The van der Waals surface area contributed by atoms with Gasteiger partial charge in [0.2, 0.25) is 0 Å². The van der Waals surface area contributed by atoms with E-state index in [1.165, 1.54) is 0 Å². The number of aliphatic hydroxyl groups is 1. The van der Waals surface area contributed by atoms with Gasteiger partial charge < -0.3 is 15.7 Å². The molecular formula is C25H30N4O3. The predicted octanol–water partition coefficient (Wildman–Crippen LogP) is 3.70. The van der Waals surface area contributed by atoms with E-state index < -0.39 is 11.6 Å². The fraction of sp³-hybridized carbons (Fsp3) is 0.360. The molecule has 0 bridgehead atoms. The molecule has 3 N–H and O–H groups in total. The SMILES string of the molecule is Cc1ccc(C(C)(CO)NC(=O)Nc2c(C3CC3)n(C)n(-c3ccccc3)c2=O)cc1C. The van der Waals surface area contributed by atoms with Crippen molar-refractivity contribution in [3.05, 3.63) is 81.3 Å². The molecule has 1 heterocycles. The Balaban J connectivity index is 1.66. The number of carbonyl (C=O) groups is 1. The Morgan fingerprint density at radius 1 is 1.12 bits per heavy atom. The number of aryl methyl sites for hydroxylation is 2. The van der Waals surface area contributed by atoms with Crippen LogP contribution < -0.4 is 16.2 Å². The fourth-order valence-corrected chi connectivity index (χ4v) is 4.11. The highest BCUT2D eigenvalue weighted by atomic mass is 16.3. The lowest BCUT2D eigenvalue weighted by molar-refractivity contribution is 0.176. The minimum atomic E-state index is -0.991. The second-order valence-electron chi connectivity index (χ2n) is 8.88. The summed E-state index contributed by atoms with van der Waals surface area (Å²) in [5, 5.41) is 15.8. The highest BCUT2D eigenvalue weighted by molar-refractivity contribution is 5.90. The van der Waals surface area contributed by atoms with Gasteiger partial charge in [-0.3, -0.25) is 9.48 Å². The minimum absolute atomic E-state index is 0.247. The Bertz CT molecular complexity index is 1210. The topological polar surface area (TPSA) is 88.3 Å². The average molecular weight is 435 g/mol. The number of nitrogens with zero attached hydrogens (tertiary/aromatic N) is 2. The van der Waals surface area contributed by atoms with Crippen LogP contribution in [0.1, 0.15) is 48.1 Å². The highest BCUT2D eigenvalue weighted by Crippen LogP contribution is 2.42. The van der Waals surface area contributed by atoms with E-state index in [1.807, 2.05) is 74.1 Å². The molecule has 1 saturated carbocycles. The number of rotatable bonds is 6. The van der Waals surface area contributed by atoms with Crippen molar-refractivity contribution in [3.63, 3.8) is 0 Å². The maximum Gasteiger partial charge on any atom is 0.320 e. The minimum Gasteiger partial charge on any atom is -0.394 e. The Morgan fingerprint density at radius 3 is 2.41 bits per heavy atom. The maximum absolute atomic E-state index is 13.3. The van der Waals surface area contributed by atoms with Gasteiger partial charge in [0.15, 0.2) is 0 Å². The summed E-state index contributed by atoms with van der Waals surface area (Å²) in [5.74, 6) is 0.247. The molecule has 7 heteroatoms. The van der Waals surface area contributed by atoms with Crippen LogP contribution in [-0.4, -0.2) is 27.1 Å². The van der Waals surface area contributed by atoms with Gasteiger partial charge in [0.1, 0.15) is 5.69 Å². The zero-order valence-electron chi connectivity index (χ0n) is 19.0. The van der Waals surface area contributed by atoms with Crippen LogP contribution in [-0.2, 0) is 12.6 Å². The van der Waals surface area contributed by atoms with Crippen LogP contribution in [0.3, 0.4) is 0 Å². The van der Waals surface area contributed by atoms with E-state index in [4.69, 9.17) is 0 Å². The van der Waals surface area contributed by atoms with Gasteiger partial charge >= 0.3 is 6.03 Å². The van der Waals surface area contributed by atoms with Crippen molar-refractivity contribution >= 4 is 11.7 Å². The van der Waals surface area contributed by atoms with Gasteiger partial charge in [-0.25, -0.2) is 9.48 Å². The first-order chi connectivity index (χ1) is 15.2. The second-order valence-corrected chi connectivity index (χ2v) is 8.88. The molecule has 168 valence electrons. The summed E-state index contributed by atoms with van der Waals surface area (Å²) < 4.78 is 3.41. The van der Waals surface area contributed by atoms with Crippen molar-refractivity contribution in [3.8, 4) is 5.69 Å². The highest BCUT2D eigenvalue weighted by Gasteiger charge is 2.35. The third-order valence-electron chi connectivity index (χ3n) is 6.36. The van der Waals surface area contributed by atoms with Crippen molar-refractivity contribution < 1.29 is 9.90 Å². The lowest BCUT2D eigenvalue weighted by atomic mass is 9.90. The van der Waals surface area contributed by atoms with Crippen LogP contribution in [0, 0.1) is 13.8 Å². The number of carbonyl (C=O) groups excluding carboxylic acids is 1. The van der Waals surface area contributed by atoms with Crippen molar-refractivity contribution in [2.24, 2.45) is 7.05 Å². The summed E-state index contributed by atoms with van der Waals surface area (Å²) >= 11 is 0. The largest absolute Gasteiger partial charge is 0.394 e. The van der Waals surface area contributed by atoms with Gasteiger partial charge in [-0.15, -0.1) is 0 Å². The average Bonchev–Trinajstić information content (AvgIpc) is 3.57. The molecule has 3 aromatic rings. The monoisotopic (exact) mass is 434 g/mol. The van der Waals surface area contributed by atoms with E-state index in [1.54, 1.807) is 11.6 Å². The lowest BCUT2D eigenvalue weighted by Crippen LogP contribution is -2.48. The van der Waals surface area contributed by atoms with E-state index >= 15 is 0 Å². The van der Waals surface area contributed by atoms with Crippen molar-refractivity contribution in [1.82, 2.24) is 14.7 Å². The Kier molecular flexibility index (Phi) is 5.69. The second kappa shape index (κ2) is 8.31. The number of urea groups is 1. The Hall–Kier alpha value is -3.32. The van der Waals surface area contributed by atoms with E-state index in [0.29, 0.717) is 0 Å². The third-order valence-corrected chi connectivity index (χ3v) is 6.36. The number of hydrogen-bond donors (Lipinski definition) is 3. The first-order valence-corrected chi connectivity index (χ1v) is 10.9. The van der Waals surface area contributed by atoms with Gasteiger partial charge in [0.05, 0.1) is 23.5 Å². The molecule has 0 radical (unpaired) electrons. The molecule has 0 saturated heterocycles. The quantitative estimate of drug-likeness (QED) is 0.553. The standard InChI is InChI=1S/C25H30N4O3/c1-16-10-13-19(14-17(16)2)25(3,15-30)27-24(32)26-21-22(18-11-12-18)28(4)29(23(21)31)20-8-6-5-7-9-20/h5-10,13-14,18,30H,11-12,15H2,1-4H3,(H2,26,27,32). The molecule has 1 fully saturated rings. The summed E-state index contributed by atoms with van der Waals surface area (Å²) in [7, 11) is 1.85. The van der Waals surface area contributed by atoms with Crippen LogP contribution in [0.5, 0.6) is 0 Å². The number of aromatic nitrogens is 2. The zero-order chi connectivity index (χ0) is 23.0. The van der Waals surface area contributed by atoms with Gasteiger partial charge in [0, 0.05) is 13.0 Å². The van der Waals surface area contributed by atoms with E-state index in [-0.39, 0.29) is 23.8 Å². The fourth-order valence-electron chi connectivity index (χ4n) is 4.11. The normalized spacial score (nSPS) is 15.3. The molecule has 1 atom stereocenters. The van der Waals surface area contributed by atoms with Gasteiger partial charge in [-0.05, 0) is 62.4 Å². The van der Waals surface area contributed by atoms with E-state index in [0.717, 1.165) is 40.9 Å². The number of aliphatic hydroxyl groups excluding tert-OH is 1. The zero-order valence-corrected chi connectivity index (χ0v) is 19.0. The number of amides is 2. The Labute approximate surface area is 187 Å². The van der Waals surface area contributed by atoms with Crippen molar-refractivity contribution in [2.75, 3.05) is 11.9 Å². The number of anilines is 1. The molecule has 1 unspecified atom stereocenters. The smallest absolute Gasteiger partial charge is 0.320 e. The van der Waals surface area contributed by atoms with Crippen LogP contribution in [0.15, 0.2) is 53.3 Å². The molecule has 0 spiro atoms. The molecule has 1 aromatic heterocycles. The summed E-state index contributed by atoms with van der Waals surface area (Å²) in [6.07, 6.45) is 1.97. The molecule has 2 aromatic carbocycles. The van der Waals surface area contributed by atoms with Crippen LogP contribution >= 0.6 is 0 Å². The molecule has 7 nitrogen and oxygen atoms in total. The number of benzene rings is 2. The number of nitrogens with one attached hydrogen (secondary N) is 2. The molecule has 1 aliphatic rings. The summed E-state index contributed by atoms with van der Waals surface area (Å²) in [6, 6.07) is 14.7. The third kappa shape index (κ3) is 3.96. The molecule has 1 aliphatic carbocycles. The first-order valence-electron chi connectivity index (χ1n) is 10.9. The van der Waals surface area contributed by atoms with Gasteiger partial charge in [-0.2, -0.15) is 0 Å². The maximum atomic E-state index is 13.3. The van der Waals surface area contributed by atoms with Crippen molar-refractivity contribution in [2.45, 2.75) is 45.1 Å². The molecule has 0 aliphatic heterocycles. The predicted molar refractivity (Wildman–Crippen MR) is 125 cm³/mol. The summed E-state index contributed by atoms with van der Waals surface area (Å²) in [4.78, 5) is 26.3. The van der Waals surface area contributed by atoms with Gasteiger partial charge in [0.25, 0.3) is 5.56 Å². The summed E-state index contributed by atoms with van der Waals surface area (Å²) in [6.45, 7) is 5.50. The van der Waals surface area contributed by atoms with E-state index in [2.05, 4.69) is 10.6 Å². The van der Waals surface area contributed by atoms with Crippen LogP contribution in [0.2, 0.25) is 0 Å². The molecule has 4 rings (SSSR count). The van der Waals surface area contributed by atoms with E-state index in [9.17, 15) is 14.7 Å².